The van der Waals surface area contributed by atoms with E-state index in [4.69, 9.17) is 9.47 Å². The van der Waals surface area contributed by atoms with Gasteiger partial charge in [-0.2, -0.15) is 0 Å². The summed E-state index contributed by atoms with van der Waals surface area (Å²) in [7, 11) is 1.64. The smallest absolute Gasteiger partial charge is 0.246 e. The number of unbranched alkanes of at least 4 members (excludes halogenated alkanes) is 1. The molecule has 1 aliphatic heterocycles. The predicted molar refractivity (Wildman–Crippen MR) is 113 cm³/mol. The number of rotatable bonds is 8. The Balaban J connectivity index is 1.52. The number of amides is 1. The Kier molecular flexibility index (Phi) is 7.78. The van der Waals surface area contributed by atoms with Crippen molar-refractivity contribution in [3.8, 4) is 11.5 Å². The molecule has 1 aromatic carbocycles. The number of benzene rings is 1. The number of piperazine rings is 1. The zero-order chi connectivity index (χ0) is 19.8. The molecule has 3 rings (SSSR count). The standard InChI is InChI=1S/C23H34N2O3/c1-3-4-17-28-21-11-9-19(18-22(21)27-2)10-12-23(26)25-15-13-24(14-16-25)20-7-5-6-8-20/h9-12,18,20H,3-8,13-17H2,1-2H3/b12-10+. The van der Waals surface area contributed by atoms with E-state index < -0.39 is 0 Å². The summed E-state index contributed by atoms with van der Waals surface area (Å²) < 4.78 is 11.2. The van der Waals surface area contributed by atoms with E-state index >= 15 is 0 Å². The molecule has 0 N–H and O–H groups in total. The molecule has 5 nitrogen and oxygen atoms in total. The fourth-order valence-electron chi connectivity index (χ4n) is 4.08. The van der Waals surface area contributed by atoms with Gasteiger partial charge in [0.1, 0.15) is 0 Å². The molecule has 0 radical (unpaired) electrons. The van der Waals surface area contributed by atoms with Crippen LogP contribution in [-0.4, -0.2) is 61.6 Å². The van der Waals surface area contributed by atoms with Crippen LogP contribution < -0.4 is 9.47 Å². The van der Waals surface area contributed by atoms with Gasteiger partial charge in [0.2, 0.25) is 5.91 Å². The van der Waals surface area contributed by atoms with E-state index in [2.05, 4.69) is 11.8 Å². The first-order valence-electron chi connectivity index (χ1n) is 10.7. The molecule has 2 aliphatic rings. The molecule has 1 saturated carbocycles. The minimum Gasteiger partial charge on any atom is -0.493 e. The Labute approximate surface area is 169 Å². The van der Waals surface area contributed by atoms with Gasteiger partial charge in [0, 0.05) is 38.3 Å². The monoisotopic (exact) mass is 386 g/mol. The third kappa shape index (κ3) is 5.51. The maximum Gasteiger partial charge on any atom is 0.246 e. The summed E-state index contributed by atoms with van der Waals surface area (Å²) in [6.45, 7) is 6.48. The van der Waals surface area contributed by atoms with Gasteiger partial charge in [0.25, 0.3) is 0 Å². The van der Waals surface area contributed by atoms with Gasteiger partial charge in [-0.15, -0.1) is 0 Å². The summed E-state index contributed by atoms with van der Waals surface area (Å²) in [5.74, 6) is 1.55. The molecule has 1 aliphatic carbocycles. The number of carbonyl (C=O) groups excluding carboxylic acids is 1. The van der Waals surface area contributed by atoms with Gasteiger partial charge in [-0.3, -0.25) is 9.69 Å². The average Bonchev–Trinajstić information content (AvgIpc) is 3.28. The van der Waals surface area contributed by atoms with Crippen LogP contribution in [0.4, 0.5) is 0 Å². The van der Waals surface area contributed by atoms with Gasteiger partial charge >= 0.3 is 0 Å². The van der Waals surface area contributed by atoms with Gasteiger partial charge in [0.05, 0.1) is 13.7 Å². The molecule has 5 heteroatoms. The number of carbonyl (C=O) groups is 1. The van der Waals surface area contributed by atoms with Gasteiger partial charge in [-0.1, -0.05) is 32.3 Å². The summed E-state index contributed by atoms with van der Waals surface area (Å²) in [6, 6.07) is 6.55. The molecule has 0 aromatic heterocycles. The number of methoxy groups -OCH3 is 1. The van der Waals surface area contributed by atoms with Crippen LogP contribution in [0.3, 0.4) is 0 Å². The van der Waals surface area contributed by atoms with Crippen molar-refractivity contribution >= 4 is 12.0 Å². The second kappa shape index (κ2) is 10.5. The Morgan fingerprint density at radius 3 is 2.57 bits per heavy atom. The normalized spacial score (nSPS) is 18.7. The van der Waals surface area contributed by atoms with Crippen molar-refractivity contribution in [1.82, 2.24) is 9.80 Å². The van der Waals surface area contributed by atoms with Crippen molar-refractivity contribution in [3.05, 3.63) is 29.8 Å². The Hall–Kier alpha value is -2.01. The molecule has 1 saturated heterocycles. The summed E-state index contributed by atoms with van der Waals surface area (Å²) in [6.07, 6.45) is 11.0. The fourth-order valence-corrected chi connectivity index (χ4v) is 4.08. The number of nitrogens with zero attached hydrogens (tertiary/aromatic N) is 2. The highest BCUT2D eigenvalue weighted by atomic mass is 16.5. The van der Waals surface area contributed by atoms with E-state index in [1.165, 1.54) is 25.7 Å². The topological polar surface area (TPSA) is 42.0 Å². The number of ether oxygens (including phenoxy) is 2. The fraction of sp³-hybridized carbons (Fsp3) is 0.609. The highest BCUT2D eigenvalue weighted by Gasteiger charge is 2.27. The number of hydrogen-bond donors (Lipinski definition) is 0. The third-order valence-corrected chi connectivity index (χ3v) is 5.83. The number of hydrogen-bond acceptors (Lipinski definition) is 4. The minimum atomic E-state index is 0.0910. The highest BCUT2D eigenvalue weighted by Crippen LogP contribution is 2.29. The maximum absolute atomic E-state index is 12.6. The SMILES string of the molecule is CCCCOc1ccc(/C=C/C(=O)N2CCN(C3CCCC3)CC2)cc1OC. The Bertz CT molecular complexity index is 660. The largest absolute Gasteiger partial charge is 0.493 e. The van der Waals surface area contributed by atoms with Crippen LogP contribution in [-0.2, 0) is 4.79 Å². The minimum absolute atomic E-state index is 0.0910. The first-order chi connectivity index (χ1) is 13.7. The summed E-state index contributed by atoms with van der Waals surface area (Å²) >= 11 is 0. The lowest BCUT2D eigenvalue weighted by molar-refractivity contribution is -0.127. The van der Waals surface area contributed by atoms with E-state index in [0.717, 1.165) is 56.4 Å². The zero-order valence-corrected chi connectivity index (χ0v) is 17.4. The van der Waals surface area contributed by atoms with E-state index in [1.807, 2.05) is 29.2 Å². The quantitative estimate of drug-likeness (QED) is 0.501. The molecule has 0 bridgehead atoms. The zero-order valence-electron chi connectivity index (χ0n) is 17.4. The molecule has 28 heavy (non-hydrogen) atoms. The molecule has 1 aromatic rings. The molecule has 1 heterocycles. The first-order valence-corrected chi connectivity index (χ1v) is 10.7. The van der Waals surface area contributed by atoms with Crippen LogP contribution in [0.1, 0.15) is 51.0 Å². The molecular formula is C23H34N2O3. The van der Waals surface area contributed by atoms with E-state index in [1.54, 1.807) is 13.2 Å². The molecule has 0 atom stereocenters. The second-order valence-electron chi connectivity index (χ2n) is 7.75. The van der Waals surface area contributed by atoms with E-state index in [-0.39, 0.29) is 5.91 Å². The highest BCUT2D eigenvalue weighted by molar-refractivity contribution is 5.92. The van der Waals surface area contributed by atoms with Gasteiger partial charge < -0.3 is 14.4 Å². The molecular weight excluding hydrogens is 352 g/mol. The summed E-state index contributed by atoms with van der Waals surface area (Å²) in [5, 5.41) is 0. The molecule has 0 unspecified atom stereocenters. The Morgan fingerprint density at radius 2 is 1.89 bits per heavy atom. The van der Waals surface area contributed by atoms with Gasteiger partial charge in [0.15, 0.2) is 11.5 Å². The average molecular weight is 387 g/mol. The maximum atomic E-state index is 12.6. The van der Waals surface area contributed by atoms with Crippen LogP contribution in [0.25, 0.3) is 6.08 Å². The predicted octanol–water partition coefficient (Wildman–Crippen LogP) is 3.97. The molecule has 0 spiro atoms. The second-order valence-corrected chi connectivity index (χ2v) is 7.75. The van der Waals surface area contributed by atoms with Crippen LogP contribution in [0.15, 0.2) is 24.3 Å². The lowest BCUT2D eigenvalue weighted by Gasteiger charge is -2.37. The van der Waals surface area contributed by atoms with Crippen molar-refractivity contribution in [2.45, 2.75) is 51.5 Å². The first kappa shape index (κ1) is 20.7. The summed E-state index contributed by atoms with van der Waals surface area (Å²) in [5.41, 5.74) is 0.942. The molecule has 154 valence electrons. The lowest BCUT2D eigenvalue weighted by atomic mass is 10.1. The van der Waals surface area contributed by atoms with Crippen LogP contribution in [0.2, 0.25) is 0 Å². The van der Waals surface area contributed by atoms with Crippen molar-refractivity contribution in [3.63, 3.8) is 0 Å². The molecule has 2 fully saturated rings. The van der Waals surface area contributed by atoms with Gasteiger partial charge in [-0.25, -0.2) is 0 Å². The summed E-state index contributed by atoms with van der Waals surface area (Å²) in [4.78, 5) is 17.1. The van der Waals surface area contributed by atoms with Crippen molar-refractivity contribution in [2.75, 3.05) is 39.9 Å². The molecule has 1 amide bonds. The van der Waals surface area contributed by atoms with Crippen molar-refractivity contribution < 1.29 is 14.3 Å². The van der Waals surface area contributed by atoms with Crippen molar-refractivity contribution in [1.29, 1.82) is 0 Å². The van der Waals surface area contributed by atoms with Crippen LogP contribution in [0, 0.1) is 0 Å². The van der Waals surface area contributed by atoms with E-state index in [0.29, 0.717) is 12.4 Å². The Morgan fingerprint density at radius 1 is 1.14 bits per heavy atom. The van der Waals surface area contributed by atoms with Crippen LogP contribution >= 0.6 is 0 Å². The van der Waals surface area contributed by atoms with Crippen LogP contribution in [0.5, 0.6) is 11.5 Å². The van der Waals surface area contributed by atoms with Gasteiger partial charge in [-0.05, 0) is 43.0 Å². The third-order valence-electron chi connectivity index (χ3n) is 5.83. The lowest BCUT2D eigenvalue weighted by Crippen LogP contribution is -2.51. The van der Waals surface area contributed by atoms with Crippen molar-refractivity contribution in [2.24, 2.45) is 0 Å². The van der Waals surface area contributed by atoms with E-state index in [9.17, 15) is 4.79 Å².